The van der Waals surface area contributed by atoms with E-state index in [1.165, 1.54) is 32.1 Å². The molecule has 0 heterocycles. The molecule has 2 nitrogen and oxygen atoms in total. The predicted molar refractivity (Wildman–Crippen MR) is 93.2 cm³/mol. The van der Waals surface area contributed by atoms with Crippen LogP contribution in [0.25, 0.3) is 6.08 Å². The Hall–Kier alpha value is -1.28. The second-order valence-electron chi connectivity index (χ2n) is 8.43. The Bertz CT molecular complexity index is 588. The van der Waals surface area contributed by atoms with Crippen molar-refractivity contribution in [3.05, 3.63) is 36.4 Å². The van der Waals surface area contributed by atoms with Gasteiger partial charge in [0, 0.05) is 0 Å². The van der Waals surface area contributed by atoms with Crippen LogP contribution in [-0.4, -0.2) is 12.9 Å². The lowest BCUT2D eigenvalue weighted by Gasteiger charge is -2.40. The number of fused-ring (bicyclic) bond motifs is 1. The van der Waals surface area contributed by atoms with Crippen LogP contribution >= 0.6 is 0 Å². The maximum absolute atomic E-state index is 6.13. The van der Waals surface area contributed by atoms with Gasteiger partial charge in [-0.05, 0) is 79.4 Å². The third-order valence-electron chi connectivity index (χ3n) is 6.34. The molecule has 3 aliphatic rings. The standard InChI is InChI=1S/C21H28O2/c1-4-17-5-7-19(8-6-17)23-16(3)22-14-20-9-15(2)10-21(13-20)12-18(21)11-20/h4-8,15-16,18H,1,9-14H2,2-3H3. The normalized spacial score (nSPS) is 38.7. The minimum Gasteiger partial charge on any atom is -0.465 e. The summed E-state index contributed by atoms with van der Waals surface area (Å²) < 4.78 is 12.0. The van der Waals surface area contributed by atoms with Gasteiger partial charge in [-0.25, -0.2) is 0 Å². The molecule has 4 rings (SSSR count). The zero-order valence-electron chi connectivity index (χ0n) is 14.4. The molecule has 3 fully saturated rings. The Morgan fingerprint density at radius 3 is 2.74 bits per heavy atom. The van der Waals surface area contributed by atoms with Gasteiger partial charge >= 0.3 is 0 Å². The summed E-state index contributed by atoms with van der Waals surface area (Å²) in [6, 6.07) is 8.00. The molecular weight excluding hydrogens is 284 g/mol. The molecule has 0 N–H and O–H groups in total. The molecule has 0 aromatic heterocycles. The van der Waals surface area contributed by atoms with E-state index in [0.29, 0.717) is 10.8 Å². The van der Waals surface area contributed by atoms with Crippen LogP contribution in [0.2, 0.25) is 0 Å². The van der Waals surface area contributed by atoms with E-state index >= 15 is 0 Å². The summed E-state index contributed by atoms with van der Waals surface area (Å²) in [6.07, 6.45) is 8.72. The van der Waals surface area contributed by atoms with Crippen LogP contribution in [0.4, 0.5) is 0 Å². The van der Waals surface area contributed by atoms with E-state index in [9.17, 15) is 0 Å². The molecule has 2 bridgehead atoms. The second kappa shape index (κ2) is 5.37. The van der Waals surface area contributed by atoms with Crippen LogP contribution in [0.3, 0.4) is 0 Å². The van der Waals surface area contributed by atoms with Crippen LogP contribution in [-0.2, 0) is 4.74 Å². The fraction of sp³-hybridized carbons (Fsp3) is 0.619. The largest absolute Gasteiger partial charge is 0.465 e. The first-order chi connectivity index (χ1) is 11.0. The minimum atomic E-state index is -0.191. The molecule has 0 aliphatic heterocycles. The summed E-state index contributed by atoms with van der Waals surface area (Å²) >= 11 is 0. The van der Waals surface area contributed by atoms with Gasteiger partial charge < -0.3 is 9.47 Å². The summed E-state index contributed by atoms with van der Waals surface area (Å²) in [5.41, 5.74) is 2.26. The maximum Gasteiger partial charge on any atom is 0.196 e. The van der Waals surface area contributed by atoms with E-state index in [-0.39, 0.29) is 6.29 Å². The lowest BCUT2D eigenvalue weighted by molar-refractivity contribution is -0.109. The minimum absolute atomic E-state index is 0.191. The molecule has 0 amide bonds. The highest BCUT2D eigenvalue weighted by molar-refractivity contribution is 5.48. The van der Waals surface area contributed by atoms with Crippen molar-refractivity contribution in [2.45, 2.75) is 52.2 Å². The van der Waals surface area contributed by atoms with E-state index in [0.717, 1.165) is 29.8 Å². The highest BCUT2D eigenvalue weighted by atomic mass is 16.7. The molecule has 124 valence electrons. The lowest BCUT2D eigenvalue weighted by Crippen LogP contribution is -2.35. The summed E-state index contributed by atoms with van der Waals surface area (Å²) in [7, 11) is 0. The van der Waals surface area contributed by atoms with E-state index in [4.69, 9.17) is 9.47 Å². The van der Waals surface area contributed by atoms with E-state index in [1.54, 1.807) is 0 Å². The van der Waals surface area contributed by atoms with Crippen molar-refractivity contribution in [2.75, 3.05) is 6.61 Å². The van der Waals surface area contributed by atoms with Crippen LogP contribution in [0.5, 0.6) is 5.75 Å². The van der Waals surface area contributed by atoms with Crippen LogP contribution < -0.4 is 4.74 Å². The van der Waals surface area contributed by atoms with E-state index in [2.05, 4.69) is 13.5 Å². The zero-order valence-corrected chi connectivity index (χ0v) is 14.4. The number of benzene rings is 1. The second-order valence-corrected chi connectivity index (χ2v) is 8.43. The molecule has 23 heavy (non-hydrogen) atoms. The van der Waals surface area contributed by atoms with Gasteiger partial charge in [-0.1, -0.05) is 31.7 Å². The fourth-order valence-electron chi connectivity index (χ4n) is 5.63. The van der Waals surface area contributed by atoms with Crippen LogP contribution in [0.1, 0.15) is 51.5 Å². The van der Waals surface area contributed by atoms with Gasteiger partial charge in [-0.3, -0.25) is 0 Å². The third kappa shape index (κ3) is 2.82. The quantitative estimate of drug-likeness (QED) is 0.665. The maximum atomic E-state index is 6.13. The Morgan fingerprint density at radius 1 is 1.22 bits per heavy atom. The summed E-state index contributed by atoms with van der Waals surface area (Å²) in [5.74, 6) is 2.73. The molecular formula is C21H28O2. The van der Waals surface area contributed by atoms with Crippen molar-refractivity contribution < 1.29 is 9.47 Å². The fourth-order valence-corrected chi connectivity index (χ4v) is 5.63. The Labute approximate surface area is 139 Å². The van der Waals surface area contributed by atoms with Gasteiger partial charge in [0.05, 0.1) is 6.61 Å². The average molecular weight is 312 g/mol. The van der Waals surface area contributed by atoms with Gasteiger partial charge in [0.1, 0.15) is 5.75 Å². The summed E-state index contributed by atoms with van der Waals surface area (Å²) in [6.45, 7) is 9.07. The Balaban J connectivity index is 1.33. The van der Waals surface area contributed by atoms with Crippen LogP contribution in [0, 0.1) is 22.7 Å². The van der Waals surface area contributed by atoms with Gasteiger partial charge in [-0.2, -0.15) is 0 Å². The predicted octanol–water partition coefficient (Wildman–Crippen LogP) is 5.29. The van der Waals surface area contributed by atoms with Gasteiger partial charge in [0.15, 0.2) is 6.29 Å². The molecule has 0 radical (unpaired) electrons. The Morgan fingerprint density at radius 2 is 2.00 bits per heavy atom. The van der Waals surface area contributed by atoms with Crippen molar-refractivity contribution in [3.63, 3.8) is 0 Å². The summed E-state index contributed by atoms with van der Waals surface area (Å²) in [5, 5.41) is 0. The van der Waals surface area contributed by atoms with Gasteiger partial charge in [-0.15, -0.1) is 0 Å². The SMILES string of the molecule is C=Cc1ccc(OC(C)OCC23CC(C)CC4(CC4C2)C3)cc1. The topological polar surface area (TPSA) is 18.5 Å². The molecule has 0 saturated heterocycles. The van der Waals surface area contributed by atoms with Crippen molar-refractivity contribution in [1.29, 1.82) is 0 Å². The number of rotatable bonds is 6. The smallest absolute Gasteiger partial charge is 0.196 e. The monoisotopic (exact) mass is 312 g/mol. The first-order valence-electron chi connectivity index (χ1n) is 9.03. The number of hydrogen-bond acceptors (Lipinski definition) is 2. The van der Waals surface area contributed by atoms with Crippen molar-refractivity contribution in [1.82, 2.24) is 0 Å². The highest BCUT2D eigenvalue weighted by Crippen LogP contribution is 2.75. The van der Waals surface area contributed by atoms with Crippen molar-refractivity contribution >= 4 is 6.08 Å². The first-order valence-corrected chi connectivity index (χ1v) is 9.03. The summed E-state index contributed by atoms with van der Waals surface area (Å²) in [4.78, 5) is 0. The third-order valence-corrected chi connectivity index (χ3v) is 6.34. The molecule has 5 atom stereocenters. The average Bonchev–Trinajstić information content (AvgIpc) is 3.08. The van der Waals surface area contributed by atoms with Gasteiger partial charge in [0.25, 0.3) is 0 Å². The van der Waals surface area contributed by atoms with Crippen molar-refractivity contribution in [2.24, 2.45) is 22.7 Å². The van der Waals surface area contributed by atoms with Crippen molar-refractivity contribution in [3.8, 4) is 5.75 Å². The van der Waals surface area contributed by atoms with E-state index < -0.39 is 0 Å². The van der Waals surface area contributed by atoms with Gasteiger partial charge in [0.2, 0.25) is 0 Å². The molecule has 1 aromatic carbocycles. The van der Waals surface area contributed by atoms with Crippen LogP contribution in [0.15, 0.2) is 30.8 Å². The molecule has 5 unspecified atom stereocenters. The van der Waals surface area contributed by atoms with E-state index in [1.807, 2.05) is 37.3 Å². The number of ether oxygens (including phenoxy) is 2. The zero-order chi connectivity index (χ0) is 16.1. The highest BCUT2D eigenvalue weighted by Gasteiger charge is 2.67. The lowest BCUT2D eigenvalue weighted by atomic mass is 9.68. The molecule has 3 aliphatic carbocycles. The molecule has 1 spiro atoms. The number of hydrogen-bond donors (Lipinski definition) is 0. The molecule has 3 saturated carbocycles. The first kappa shape index (κ1) is 15.3. The molecule has 2 heteroatoms. The molecule has 1 aromatic rings. The Kier molecular flexibility index (Phi) is 3.57.